The Hall–Kier alpha value is -0.570. The fourth-order valence-corrected chi connectivity index (χ4v) is 3.16. The number of unbranched alkanes of at least 4 members (excludes halogenated alkanes) is 2. The topological polar surface area (TPSA) is 29.5 Å². The van der Waals surface area contributed by atoms with Crippen molar-refractivity contribution < 1.29 is 9.53 Å². The van der Waals surface area contributed by atoms with Crippen LogP contribution in [0.3, 0.4) is 0 Å². The van der Waals surface area contributed by atoms with Gasteiger partial charge in [0.25, 0.3) is 0 Å². The summed E-state index contributed by atoms with van der Waals surface area (Å²) in [5.41, 5.74) is 0. The molecule has 112 valence electrons. The monoisotopic (exact) mass is 269 g/mol. The lowest BCUT2D eigenvalue weighted by Crippen LogP contribution is -2.39. The molecule has 0 aromatic carbocycles. The first kappa shape index (κ1) is 16.5. The Balaban J connectivity index is 2.06. The SMILES string of the molecule is CCOC(=O)CCCCCN(C)C1CCCCC1C. The van der Waals surface area contributed by atoms with Crippen LogP contribution in [0.5, 0.6) is 0 Å². The van der Waals surface area contributed by atoms with Gasteiger partial charge in [0.1, 0.15) is 0 Å². The van der Waals surface area contributed by atoms with Gasteiger partial charge in [-0.2, -0.15) is 0 Å². The molecule has 19 heavy (non-hydrogen) atoms. The van der Waals surface area contributed by atoms with Crippen LogP contribution >= 0.6 is 0 Å². The Morgan fingerprint density at radius 1 is 1.21 bits per heavy atom. The summed E-state index contributed by atoms with van der Waals surface area (Å²) in [6.45, 7) is 5.91. The van der Waals surface area contributed by atoms with E-state index >= 15 is 0 Å². The highest BCUT2D eigenvalue weighted by Gasteiger charge is 2.24. The average molecular weight is 269 g/mol. The number of carbonyl (C=O) groups excluding carboxylic acids is 1. The zero-order chi connectivity index (χ0) is 14.1. The molecule has 1 fully saturated rings. The molecule has 0 amide bonds. The van der Waals surface area contributed by atoms with Gasteiger partial charge in [0.05, 0.1) is 6.61 Å². The first-order valence-electron chi connectivity index (χ1n) is 8.01. The van der Waals surface area contributed by atoms with Crippen molar-refractivity contribution in [1.29, 1.82) is 0 Å². The maximum atomic E-state index is 11.2. The summed E-state index contributed by atoms with van der Waals surface area (Å²) in [5.74, 6) is 0.801. The summed E-state index contributed by atoms with van der Waals surface area (Å²) in [6.07, 6.45) is 9.42. The van der Waals surface area contributed by atoms with Gasteiger partial charge in [0.15, 0.2) is 0 Å². The van der Waals surface area contributed by atoms with E-state index in [0.29, 0.717) is 13.0 Å². The summed E-state index contributed by atoms with van der Waals surface area (Å²) in [7, 11) is 2.26. The number of hydrogen-bond donors (Lipinski definition) is 0. The highest BCUT2D eigenvalue weighted by atomic mass is 16.5. The summed E-state index contributed by atoms with van der Waals surface area (Å²) in [5, 5.41) is 0. The molecule has 1 aliphatic rings. The van der Waals surface area contributed by atoms with Gasteiger partial charge >= 0.3 is 5.97 Å². The van der Waals surface area contributed by atoms with E-state index in [2.05, 4.69) is 18.9 Å². The minimum atomic E-state index is -0.0447. The van der Waals surface area contributed by atoms with Crippen LogP contribution in [0.2, 0.25) is 0 Å². The van der Waals surface area contributed by atoms with E-state index in [0.717, 1.165) is 31.3 Å². The first-order valence-corrected chi connectivity index (χ1v) is 8.01. The molecule has 0 radical (unpaired) electrons. The number of carbonyl (C=O) groups is 1. The van der Waals surface area contributed by atoms with Gasteiger partial charge in [-0.15, -0.1) is 0 Å². The van der Waals surface area contributed by atoms with Crippen molar-refractivity contribution in [1.82, 2.24) is 4.90 Å². The van der Waals surface area contributed by atoms with Gasteiger partial charge in [-0.1, -0.05) is 26.2 Å². The Morgan fingerprint density at radius 3 is 2.63 bits per heavy atom. The van der Waals surface area contributed by atoms with E-state index in [1.165, 1.54) is 32.1 Å². The number of hydrogen-bond acceptors (Lipinski definition) is 3. The Morgan fingerprint density at radius 2 is 1.95 bits per heavy atom. The van der Waals surface area contributed by atoms with Crippen LogP contribution in [0.1, 0.15) is 65.2 Å². The molecule has 3 nitrogen and oxygen atoms in total. The molecule has 0 heterocycles. The van der Waals surface area contributed by atoms with Crippen molar-refractivity contribution >= 4 is 5.97 Å². The van der Waals surface area contributed by atoms with Crippen LogP contribution in [-0.2, 0) is 9.53 Å². The highest BCUT2D eigenvalue weighted by Crippen LogP contribution is 2.27. The van der Waals surface area contributed by atoms with E-state index in [9.17, 15) is 4.79 Å². The van der Waals surface area contributed by atoms with Gasteiger partial charge in [0, 0.05) is 12.5 Å². The van der Waals surface area contributed by atoms with Gasteiger partial charge in [0.2, 0.25) is 0 Å². The van der Waals surface area contributed by atoms with Crippen molar-refractivity contribution in [2.75, 3.05) is 20.2 Å². The molecule has 0 N–H and O–H groups in total. The Bertz CT molecular complexity index is 255. The molecule has 2 atom stereocenters. The summed E-state index contributed by atoms with van der Waals surface area (Å²) >= 11 is 0. The normalized spacial score (nSPS) is 23.6. The van der Waals surface area contributed by atoms with Crippen molar-refractivity contribution in [3.63, 3.8) is 0 Å². The minimum absolute atomic E-state index is 0.0447. The van der Waals surface area contributed by atoms with Crippen LogP contribution in [0.15, 0.2) is 0 Å². The predicted molar refractivity (Wildman–Crippen MR) is 79.2 cm³/mol. The molecule has 0 aromatic rings. The van der Waals surface area contributed by atoms with Crippen LogP contribution in [0.25, 0.3) is 0 Å². The molecular formula is C16H31NO2. The van der Waals surface area contributed by atoms with E-state index in [1.54, 1.807) is 0 Å². The molecule has 0 bridgehead atoms. The smallest absolute Gasteiger partial charge is 0.305 e. The van der Waals surface area contributed by atoms with Gasteiger partial charge in [-0.05, 0) is 52.1 Å². The lowest BCUT2D eigenvalue weighted by molar-refractivity contribution is -0.143. The quantitative estimate of drug-likeness (QED) is 0.498. The third-order valence-corrected chi connectivity index (χ3v) is 4.33. The number of rotatable bonds is 8. The number of esters is 1. The average Bonchev–Trinajstić information content (AvgIpc) is 2.39. The Kier molecular flexibility index (Phi) is 8.11. The van der Waals surface area contributed by atoms with Gasteiger partial charge < -0.3 is 9.64 Å². The van der Waals surface area contributed by atoms with Crippen molar-refractivity contribution in [3.05, 3.63) is 0 Å². The van der Waals surface area contributed by atoms with Gasteiger partial charge in [-0.25, -0.2) is 0 Å². The first-order chi connectivity index (χ1) is 9.15. The molecular weight excluding hydrogens is 238 g/mol. The lowest BCUT2D eigenvalue weighted by atomic mass is 9.85. The van der Waals surface area contributed by atoms with Crippen molar-refractivity contribution in [3.8, 4) is 0 Å². The molecule has 1 rings (SSSR count). The predicted octanol–water partition coefficient (Wildman–Crippen LogP) is 3.62. The van der Waals surface area contributed by atoms with Crippen LogP contribution in [0, 0.1) is 5.92 Å². The molecule has 1 saturated carbocycles. The van der Waals surface area contributed by atoms with Crippen molar-refractivity contribution in [2.45, 2.75) is 71.3 Å². The van der Waals surface area contributed by atoms with Crippen LogP contribution in [0.4, 0.5) is 0 Å². The molecule has 0 aromatic heterocycles. The molecule has 2 unspecified atom stereocenters. The maximum absolute atomic E-state index is 11.2. The zero-order valence-electron chi connectivity index (χ0n) is 13.0. The maximum Gasteiger partial charge on any atom is 0.305 e. The summed E-state index contributed by atoms with van der Waals surface area (Å²) < 4.78 is 4.93. The van der Waals surface area contributed by atoms with Crippen LogP contribution in [-0.4, -0.2) is 37.1 Å². The zero-order valence-corrected chi connectivity index (χ0v) is 13.0. The number of nitrogens with zero attached hydrogens (tertiary/aromatic N) is 1. The van der Waals surface area contributed by atoms with Crippen molar-refractivity contribution in [2.24, 2.45) is 5.92 Å². The Labute approximate surface area is 118 Å². The van der Waals surface area contributed by atoms with Gasteiger partial charge in [-0.3, -0.25) is 4.79 Å². The molecule has 1 aliphatic carbocycles. The minimum Gasteiger partial charge on any atom is -0.466 e. The molecule has 0 spiro atoms. The van der Waals surface area contributed by atoms with E-state index in [1.807, 2.05) is 6.92 Å². The highest BCUT2D eigenvalue weighted by molar-refractivity contribution is 5.69. The third-order valence-electron chi connectivity index (χ3n) is 4.33. The second-order valence-corrected chi connectivity index (χ2v) is 5.93. The molecule has 0 aliphatic heterocycles. The molecule has 3 heteroatoms. The molecule has 0 saturated heterocycles. The second-order valence-electron chi connectivity index (χ2n) is 5.93. The second kappa shape index (κ2) is 9.35. The van der Waals surface area contributed by atoms with Crippen LogP contribution < -0.4 is 0 Å². The van der Waals surface area contributed by atoms with E-state index in [-0.39, 0.29) is 5.97 Å². The standard InChI is InChI=1S/C16H31NO2/c1-4-19-16(18)12-6-5-9-13-17(3)15-11-8-7-10-14(15)2/h14-15H,4-13H2,1-3H3. The fraction of sp³-hybridized carbons (Fsp3) is 0.938. The summed E-state index contributed by atoms with van der Waals surface area (Å²) in [6, 6.07) is 0.777. The number of ether oxygens (including phenoxy) is 1. The largest absolute Gasteiger partial charge is 0.466 e. The lowest BCUT2D eigenvalue weighted by Gasteiger charge is -2.36. The fourth-order valence-electron chi connectivity index (χ4n) is 3.16. The van der Waals surface area contributed by atoms with E-state index < -0.39 is 0 Å². The van der Waals surface area contributed by atoms with E-state index in [4.69, 9.17) is 4.74 Å². The summed E-state index contributed by atoms with van der Waals surface area (Å²) in [4.78, 5) is 13.7. The third kappa shape index (κ3) is 6.42.